The van der Waals surface area contributed by atoms with Gasteiger partial charge in [-0.25, -0.2) is 4.79 Å². The average molecular weight is 397 g/mol. The number of carbonyl (C=O) groups excluding carboxylic acids is 1. The molecule has 3 nitrogen and oxygen atoms in total. The van der Waals surface area contributed by atoms with Gasteiger partial charge in [0.1, 0.15) is 0 Å². The van der Waals surface area contributed by atoms with Crippen LogP contribution >= 0.6 is 0 Å². The maximum Gasteiger partial charge on any atom is 0.416 e. The van der Waals surface area contributed by atoms with Crippen LogP contribution in [0, 0.1) is 0 Å². The molecule has 3 rings (SSSR count). The Balaban J connectivity index is 2.11. The zero-order valence-electron chi connectivity index (χ0n) is 15.6. The summed E-state index contributed by atoms with van der Waals surface area (Å²) in [6.45, 7) is 0. The molecule has 1 atom stereocenters. The summed E-state index contributed by atoms with van der Waals surface area (Å²) in [5.41, 5.74) is 1.62. The Morgan fingerprint density at radius 2 is 1.31 bits per heavy atom. The van der Waals surface area contributed by atoms with E-state index in [1.807, 2.05) is 60.7 Å². The van der Waals surface area contributed by atoms with Crippen LogP contribution in [-0.2, 0) is 15.7 Å². The van der Waals surface area contributed by atoms with Crippen LogP contribution in [0.4, 0.5) is 13.2 Å². The van der Waals surface area contributed by atoms with Gasteiger partial charge in [0.05, 0.1) is 18.4 Å². The largest absolute Gasteiger partial charge is 0.467 e. The fourth-order valence-corrected chi connectivity index (χ4v) is 2.87. The highest BCUT2D eigenvalue weighted by Crippen LogP contribution is 2.31. The van der Waals surface area contributed by atoms with Gasteiger partial charge in [-0.2, -0.15) is 13.2 Å². The zero-order valence-corrected chi connectivity index (χ0v) is 15.6. The van der Waals surface area contributed by atoms with Gasteiger partial charge >= 0.3 is 12.1 Å². The Labute approximate surface area is 166 Å². The number of carbonyl (C=O) groups is 1. The van der Waals surface area contributed by atoms with Gasteiger partial charge in [0, 0.05) is 11.1 Å². The van der Waals surface area contributed by atoms with E-state index >= 15 is 0 Å². The summed E-state index contributed by atoms with van der Waals surface area (Å²) in [6, 6.07) is 21.8. The maximum absolute atomic E-state index is 12.9. The number of ether oxygens (including phenoxy) is 1. The molecular formula is C23H18F3NO2. The van der Waals surface area contributed by atoms with Crippen molar-refractivity contribution in [2.75, 3.05) is 7.11 Å². The van der Waals surface area contributed by atoms with E-state index in [2.05, 4.69) is 4.99 Å². The lowest BCUT2D eigenvalue weighted by Crippen LogP contribution is -2.16. The number of halogens is 3. The lowest BCUT2D eigenvalue weighted by atomic mass is 10.00. The van der Waals surface area contributed by atoms with Crippen molar-refractivity contribution >= 4 is 11.7 Å². The minimum Gasteiger partial charge on any atom is -0.467 e. The molecule has 0 aliphatic heterocycles. The molecule has 29 heavy (non-hydrogen) atoms. The second-order valence-corrected chi connectivity index (χ2v) is 6.26. The van der Waals surface area contributed by atoms with Gasteiger partial charge in [-0.15, -0.1) is 0 Å². The van der Waals surface area contributed by atoms with Gasteiger partial charge in [-0.05, 0) is 17.7 Å². The van der Waals surface area contributed by atoms with Crippen molar-refractivity contribution in [2.24, 2.45) is 4.99 Å². The fourth-order valence-electron chi connectivity index (χ4n) is 2.87. The molecule has 1 unspecified atom stereocenters. The van der Waals surface area contributed by atoms with Crippen LogP contribution in [0.15, 0.2) is 89.9 Å². The molecule has 0 bridgehead atoms. The normalized spacial score (nSPS) is 12.1. The molecule has 0 aromatic heterocycles. The minimum absolute atomic E-state index is 0.314. The SMILES string of the molecule is COC(=O)C(N=C(c1ccccc1)c1ccccc1)c1ccc(C(F)(F)F)cc1. The first-order valence-electron chi connectivity index (χ1n) is 8.84. The summed E-state index contributed by atoms with van der Waals surface area (Å²) >= 11 is 0. The van der Waals surface area contributed by atoms with Gasteiger partial charge in [0.2, 0.25) is 0 Å². The van der Waals surface area contributed by atoms with E-state index in [0.717, 1.165) is 23.3 Å². The van der Waals surface area contributed by atoms with E-state index in [-0.39, 0.29) is 0 Å². The molecule has 6 heteroatoms. The number of alkyl halides is 3. The first kappa shape index (κ1) is 20.3. The molecule has 148 valence electrons. The predicted octanol–water partition coefficient (Wildman–Crippen LogP) is 5.46. The molecule has 3 aromatic carbocycles. The van der Waals surface area contributed by atoms with Crippen LogP contribution in [0.3, 0.4) is 0 Å². The molecule has 3 aromatic rings. The lowest BCUT2D eigenvalue weighted by molar-refractivity contribution is -0.142. The van der Waals surface area contributed by atoms with Crippen LogP contribution in [0.5, 0.6) is 0 Å². The quantitative estimate of drug-likeness (QED) is 0.424. The third-order valence-corrected chi connectivity index (χ3v) is 4.33. The number of hydrogen-bond donors (Lipinski definition) is 0. The molecule has 0 amide bonds. The third kappa shape index (κ3) is 4.90. The van der Waals surface area contributed by atoms with Gasteiger partial charge in [0.15, 0.2) is 6.04 Å². The minimum atomic E-state index is -4.46. The Hall–Kier alpha value is -3.41. The van der Waals surface area contributed by atoms with Crippen LogP contribution in [0.1, 0.15) is 28.3 Å². The highest BCUT2D eigenvalue weighted by molar-refractivity contribution is 6.13. The molecule has 0 saturated carbocycles. The molecule has 0 fully saturated rings. The van der Waals surface area contributed by atoms with Gasteiger partial charge < -0.3 is 4.74 Å². The van der Waals surface area contributed by atoms with Crippen molar-refractivity contribution in [2.45, 2.75) is 12.2 Å². The summed E-state index contributed by atoms with van der Waals surface area (Å²) in [6.07, 6.45) is -4.46. The molecule has 0 aliphatic carbocycles. The summed E-state index contributed by atoms with van der Waals surface area (Å²) in [4.78, 5) is 17.1. The number of rotatable bonds is 5. The molecule has 0 N–H and O–H groups in total. The van der Waals surface area contributed by atoms with Crippen LogP contribution < -0.4 is 0 Å². The van der Waals surface area contributed by atoms with E-state index in [1.54, 1.807) is 0 Å². The second kappa shape index (κ2) is 8.73. The average Bonchev–Trinajstić information content (AvgIpc) is 2.75. The Kier molecular flexibility index (Phi) is 6.12. The lowest BCUT2D eigenvalue weighted by Gasteiger charge is -2.15. The van der Waals surface area contributed by atoms with E-state index in [0.29, 0.717) is 11.3 Å². The van der Waals surface area contributed by atoms with Crippen molar-refractivity contribution < 1.29 is 22.7 Å². The number of benzene rings is 3. The molecular weight excluding hydrogens is 379 g/mol. The first-order chi connectivity index (χ1) is 13.9. The van der Waals surface area contributed by atoms with Crippen molar-refractivity contribution in [3.8, 4) is 0 Å². The number of nitrogens with zero attached hydrogens (tertiary/aromatic N) is 1. The number of methoxy groups -OCH3 is 1. The van der Waals surface area contributed by atoms with Crippen molar-refractivity contribution in [3.63, 3.8) is 0 Å². The molecule has 0 radical (unpaired) electrons. The van der Waals surface area contributed by atoms with Crippen LogP contribution in [-0.4, -0.2) is 18.8 Å². The smallest absolute Gasteiger partial charge is 0.416 e. The van der Waals surface area contributed by atoms with Crippen LogP contribution in [0.2, 0.25) is 0 Å². The second-order valence-electron chi connectivity index (χ2n) is 6.26. The standard InChI is InChI=1S/C23H18F3NO2/c1-29-22(28)21(18-12-14-19(15-13-18)23(24,25)26)27-20(16-8-4-2-5-9-16)17-10-6-3-7-11-17/h2-15,21H,1H3. The van der Waals surface area contributed by atoms with Gasteiger partial charge in [0.25, 0.3) is 0 Å². The third-order valence-electron chi connectivity index (χ3n) is 4.33. The van der Waals surface area contributed by atoms with E-state index in [4.69, 9.17) is 4.74 Å². The van der Waals surface area contributed by atoms with Crippen molar-refractivity contribution in [1.29, 1.82) is 0 Å². The predicted molar refractivity (Wildman–Crippen MR) is 105 cm³/mol. The molecule has 0 heterocycles. The Bertz CT molecular complexity index is 941. The molecule has 0 spiro atoms. The van der Waals surface area contributed by atoms with E-state index in [1.165, 1.54) is 19.2 Å². The van der Waals surface area contributed by atoms with Crippen molar-refractivity contribution in [1.82, 2.24) is 0 Å². The fraction of sp³-hybridized carbons (Fsp3) is 0.130. The summed E-state index contributed by atoms with van der Waals surface area (Å²) < 4.78 is 43.5. The topological polar surface area (TPSA) is 38.7 Å². The maximum atomic E-state index is 12.9. The number of hydrogen-bond acceptors (Lipinski definition) is 3. The number of esters is 1. The van der Waals surface area contributed by atoms with Crippen molar-refractivity contribution in [3.05, 3.63) is 107 Å². The number of aliphatic imine (C=N–C) groups is 1. The molecule has 0 saturated heterocycles. The van der Waals surface area contributed by atoms with Gasteiger partial charge in [-0.1, -0.05) is 72.8 Å². The Morgan fingerprint density at radius 1 is 0.828 bits per heavy atom. The highest BCUT2D eigenvalue weighted by Gasteiger charge is 2.31. The highest BCUT2D eigenvalue weighted by atomic mass is 19.4. The van der Waals surface area contributed by atoms with E-state index < -0.39 is 23.8 Å². The summed E-state index contributed by atoms with van der Waals surface area (Å²) in [5, 5.41) is 0. The monoisotopic (exact) mass is 397 g/mol. The van der Waals surface area contributed by atoms with E-state index in [9.17, 15) is 18.0 Å². The first-order valence-corrected chi connectivity index (χ1v) is 8.84. The summed E-state index contributed by atoms with van der Waals surface area (Å²) in [7, 11) is 1.22. The summed E-state index contributed by atoms with van der Waals surface area (Å²) in [5.74, 6) is -0.658. The van der Waals surface area contributed by atoms with Gasteiger partial charge in [-0.3, -0.25) is 4.99 Å². The van der Waals surface area contributed by atoms with Crippen LogP contribution in [0.25, 0.3) is 0 Å². The Morgan fingerprint density at radius 3 is 1.72 bits per heavy atom. The zero-order chi connectivity index (χ0) is 20.9. The molecule has 0 aliphatic rings.